The molecule has 1 heterocycles. The number of pyridine rings is 1. The van der Waals surface area contributed by atoms with Crippen molar-refractivity contribution in [2.45, 2.75) is 13.1 Å². The second kappa shape index (κ2) is 8.75. The van der Waals surface area contributed by atoms with Crippen molar-refractivity contribution in [3.05, 3.63) is 95.8 Å². The summed E-state index contributed by atoms with van der Waals surface area (Å²) in [5.74, 6) is 0. The molecule has 0 radical (unpaired) electrons. The summed E-state index contributed by atoms with van der Waals surface area (Å²) in [6.45, 7) is 1.29. The average Bonchev–Trinajstić information content (AvgIpc) is 2.69. The van der Waals surface area contributed by atoms with E-state index >= 15 is 0 Å². The molecule has 0 aliphatic carbocycles. The van der Waals surface area contributed by atoms with E-state index in [-0.39, 0.29) is 0 Å². The Morgan fingerprint density at radius 2 is 1.69 bits per heavy atom. The first-order valence-corrected chi connectivity index (χ1v) is 8.65. The highest BCUT2D eigenvalue weighted by atomic mass is 32.1. The summed E-state index contributed by atoms with van der Waals surface area (Å²) in [6.07, 6.45) is 1.78. The molecule has 0 fully saturated rings. The molecule has 5 heteroatoms. The van der Waals surface area contributed by atoms with Gasteiger partial charge < -0.3 is 10.2 Å². The summed E-state index contributed by atoms with van der Waals surface area (Å²) < 4.78 is 0. The summed E-state index contributed by atoms with van der Waals surface area (Å²) in [5, 5.41) is 12.8. The van der Waals surface area contributed by atoms with E-state index < -0.39 is 0 Å². The second-order valence-corrected chi connectivity index (χ2v) is 6.17. The van der Waals surface area contributed by atoms with Gasteiger partial charge in [0.05, 0.1) is 23.9 Å². The van der Waals surface area contributed by atoms with Gasteiger partial charge in [-0.1, -0.05) is 36.4 Å². The predicted molar refractivity (Wildman–Crippen MR) is 107 cm³/mol. The van der Waals surface area contributed by atoms with E-state index in [2.05, 4.69) is 33.4 Å². The lowest BCUT2D eigenvalue weighted by Gasteiger charge is -2.26. The third kappa shape index (κ3) is 4.88. The van der Waals surface area contributed by atoms with Crippen molar-refractivity contribution in [1.82, 2.24) is 9.88 Å². The van der Waals surface area contributed by atoms with Crippen LogP contribution in [0.5, 0.6) is 0 Å². The van der Waals surface area contributed by atoms with Gasteiger partial charge in [0, 0.05) is 18.4 Å². The molecule has 2 aromatic carbocycles. The first kappa shape index (κ1) is 17.6. The van der Waals surface area contributed by atoms with Crippen LogP contribution in [-0.4, -0.2) is 15.0 Å². The molecular formula is C21H18N4S. The fourth-order valence-electron chi connectivity index (χ4n) is 2.52. The first-order chi connectivity index (χ1) is 12.7. The zero-order valence-corrected chi connectivity index (χ0v) is 15.0. The van der Waals surface area contributed by atoms with Crippen molar-refractivity contribution in [3.63, 3.8) is 0 Å². The number of anilines is 1. The molecule has 0 amide bonds. The lowest BCUT2D eigenvalue weighted by molar-refractivity contribution is 0.407. The standard InChI is InChI=1S/C21H18N4S/c22-14-17-9-11-19(12-10-17)24-21(26)25(15-18-6-2-1-3-7-18)16-20-8-4-5-13-23-20/h1-13H,15-16H2,(H,24,26). The summed E-state index contributed by atoms with van der Waals surface area (Å²) in [5.41, 5.74) is 3.60. The highest BCUT2D eigenvalue weighted by Gasteiger charge is 2.12. The summed E-state index contributed by atoms with van der Waals surface area (Å²) in [6, 6.07) is 25.4. The number of aromatic nitrogens is 1. The summed E-state index contributed by atoms with van der Waals surface area (Å²) in [4.78, 5) is 6.48. The normalized spacial score (nSPS) is 9.96. The van der Waals surface area contributed by atoms with E-state index in [0.29, 0.717) is 23.8 Å². The Hall–Kier alpha value is -3.23. The van der Waals surface area contributed by atoms with E-state index in [1.165, 1.54) is 5.56 Å². The van der Waals surface area contributed by atoms with Crippen LogP contribution in [0.4, 0.5) is 5.69 Å². The molecular weight excluding hydrogens is 340 g/mol. The van der Waals surface area contributed by atoms with Crippen LogP contribution in [0, 0.1) is 11.3 Å². The maximum atomic E-state index is 8.92. The van der Waals surface area contributed by atoms with E-state index in [9.17, 15) is 0 Å². The second-order valence-electron chi connectivity index (χ2n) is 5.78. The van der Waals surface area contributed by atoms with Gasteiger partial charge in [-0.05, 0) is 54.2 Å². The number of rotatable bonds is 5. The molecule has 0 unspecified atom stereocenters. The Balaban J connectivity index is 1.76. The molecule has 0 aliphatic rings. The van der Waals surface area contributed by atoms with Crippen molar-refractivity contribution in [1.29, 1.82) is 5.26 Å². The van der Waals surface area contributed by atoms with E-state index in [4.69, 9.17) is 17.5 Å². The Kier molecular flexibility index (Phi) is 5.92. The topological polar surface area (TPSA) is 52.0 Å². The van der Waals surface area contributed by atoms with Gasteiger partial charge in [0.1, 0.15) is 0 Å². The van der Waals surface area contributed by atoms with Gasteiger partial charge in [-0.25, -0.2) is 0 Å². The highest BCUT2D eigenvalue weighted by molar-refractivity contribution is 7.80. The number of hydrogen-bond acceptors (Lipinski definition) is 3. The minimum absolute atomic E-state index is 0.609. The van der Waals surface area contributed by atoms with Crippen molar-refractivity contribution in [2.75, 3.05) is 5.32 Å². The van der Waals surface area contributed by atoms with Crippen LogP contribution in [0.25, 0.3) is 0 Å². The zero-order chi connectivity index (χ0) is 18.2. The lowest BCUT2D eigenvalue weighted by Crippen LogP contribution is -2.34. The maximum Gasteiger partial charge on any atom is 0.174 e. The molecule has 128 valence electrons. The minimum Gasteiger partial charge on any atom is -0.339 e. The maximum absolute atomic E-state index is 8.92. The molecule has 0 saturated heterocycles. The third-order valence-electron chi connectivity index (χ3n) is 3.85. The Bertz CT molecular complexity index is 845. The average molecular weight is 358 g/mol. The summed E-state index contributed by atoms with van der Waals surface area (Å²) in [7, 11) is 0. The Morgan fingerprint density at radius 3 is 2.35 bits per heavy atom. The van der Waals surface area contributed by atoms with Crippen LogP contribution in [0.2, 0.25) is 0 Å². The SMILES string of the molecule is N#Cc1ccc(NC(=S)N(Cc2ccccc2)Cc2ccccn2)cc1. The highest BCUT2D eigenvalue weighted by Crippen LogP contribution is 2.14. The number of benzene rings is 2. The fourth-order valence-corrected chi connectivity index (χ4v) is 2.77. The largest absolute Gasteiger partial charge is 0.339 e. The van der Waals surface area contributed by atoms with Crippen molar-refractivity contribution in [2.24, 2.45) is 0 Å². The first-order valence-electron chi connectivity index (χ1n) is 8.24. The monoisotopic (exact) mass is 358 g/mol. The van der Waals surface area contributed by atoms with Crippen LogP contribution in [0.3, 0.4) is 0 Å². The predicted octanol–water partition coefficient (Wildman–Crippen LogP) is 4.35. The molecule has 4 nitrogen and oxygen atoms in total. The third-order valence-corrected chi connectivity index (χ3v) is 4.21. The van der Waals surface area contributed by atoms with Gasteiger partial charge in [-0.2, -0.15) is 5.26 Å². The van der Waals surface area contributed by atoms with Crippen LogP contribution >= 0.6 is 12.2 Å². The fraction of sp³-hybridized carbons (Fsp3) is 0.0952. The van der Waals surface area contributed by atoms with Gasteiger partial charge in [0.15, 0.2) is 5.11 Å². The van der Waals surface area contributed by atoms with E-state index in [0.717, 1.165) is 11.4 Å². The smallest absolute Gasteiger partial charge is 0.174 e. The quantitative estimate of drug-likeness (QED) is 0.687. The lowest BCUT2D eigenvalue weighted by atomic mass is 10.2. The van der Waals surface area contributed by atoms with Gasteiger partial charge >= 0.3 is 0 Å². The number of nitriles is 1. The number of thiocarbonyl (C=S) groups is 1. The molecule has 0 saturated carbocycles. The van der Waals surface area contributed by atoms with Gasteiger partial charge in [0.25, 0.3) is 0 Å². The van der Waals surface area contributed by atoms with Crippen LogP contribution in [-0.2, 0) is 13.1 Å². The zero-order valence-electron chi connectivity index (χ0n) is 14.2. The molecule has 1 N–H and O–H groups in total. The molecule has 3 rings (SSSR count). The van der Waals surface area contributed by atoms with E-state index in [1.54, 1.807) is 18.3 Å². The van der Waals surface area contributed by atoms with Crippen molar-refractivity contribution >= 4 is 23.0 Å². The molecule has 0 atom stereocenters. The van der Waals surface area contributed by atoms with Crippen molar-refractivity contribution < 1.29 is 0 Å². The number of nitrogens with zero attached hydrogens (tertiary/aromatic N) is 3. The molecule has 3 aromatic rings. The van der Waals surface area contributed by atoms with Crippen LogP contribution < -0.4 is 5.32 Å². The van der Waals surface area contributed by atoms with Gasteiger partial charge in [-0.3, -0.25) is 4.98 Å². The van der Waals surface area contributed by atoms with Gasteiger partial charge in [0.2, 0.25) is 0 Å². The van der Waals surface area contributed by atoms with E-state index in [1.807, 2.05) is 48.5 Å². The van der Waals surface area contributed by atoms with Crippen molar-refractivity contribution in [3.8, 4) is 6.07 Å². The summed E-state index contributed by atoms with van der Waals surface area (Å²) >= 11 is 5.64. The Morgan fingerprint density at radius 1 is 0.962 bits per heavy atom. The molecule has 0 aliphatic heterocycles. The molecule has 26 heavy (non-hydrogen) atoms. The minimum atomic E-state index is 0.609. The van der Waals surface area contributed by atoms with Crippen LogP contribution in [0.1, 0.15) is 16.8 Å². The molecule has 1 aromatic heterocycles. The number of nitrogens with one attached hydrogen (secondary N) is 1. The van der Waals surface area contributed by atoms with Gasteiger partial charge in [-0.15, -0.1) is 0 Å². The number of hydrogen-bond donors (Lipinski definition) is 1. The molecule has 0 bridgehead atoms. The van der Waals surface area contributed by atoms with Crippen LogP contribution in [0.15, 0.2) is 79.0 Å². The Labute approximate surface area is 158 Å². The molecule has 0 spiro atoms.